The number of rotatable bonds is 3. The highest BCUT2D eigenvalue weighted by Gasteiger charge is 2.06. The molecule has 5 heteroatoms. The lowest BCUT2D eigenvalue weighted by Gasteiger charge is -2.05. The molecule has 0 aromatic heterocycles. The Balaban J connectivity index is 3.01. The van der Waals surface area contributed by atoms with Gasteiger partial charge in [-0.2, -0.15) is 8.42 Å². The van der Waals surface area contributed by atoms with E-state index >= 15 is 0 Å². The zero-order chi connectivity index (χ0) is 10.8. The maximum Gasteiger partial charge on any atom is 0.306 e. The van der Waals surface area contributed by atoms with Gasteiger partial charge in [-0.05, 0) is 30.2 Å². The molecule has 1 aromatic carbocycles. The normalized spacial score (nSPS) is 11.3. The Bertz CT molecular complexity index is 422. The van der Waals surface area contributed by atoms with Gasteiger partial charge in [-0.1, -0.05) is 6.92 Å². The van der Waals surface area contributed by atoms with Gasteiger partial charge in [-0.3, -0.25) is 0 Å². The van der Waals surface area contributed by atoms with Gasteiger partial charge in [0.25, 0.3) is 0 Å². The zero-order valence-corrected chi connectivity index (χ0v) is 8.84. The van der Waals surface area contributed by atoms with E-state index < -0.39 is 10.1 Å². The van der Waals surface area contributed by atoms with Gasteiger partial charge in [-0.25, -0.2) is 0 Å². The highest BCUT2D eigenvalue weighted by atomic mass is 32.2. The van der Waals surface area contributed by atoms with Crippen molar-refractivity contribution in [2.24, 2.45) is 0 Å². The van der Waals surface area contributed by atoms with Crippen LogP contribution in [-0.4, -0.2) is 19.8 Å². The summed E-state index contributed by atoms with van der Waals surface area (Å²) in [5.74, 6) is 0.371. The molecule has 0 atom stereocenters. The summed E-state index contributed by atoms with van der Waals surface area (Å²) in [6.45, 7) is 1.86. The van der Waals surface area contributed by atoms with Crippen LogP contribution in [0, 0.1) is 0 Å². The van der Waals surface area contributed by atoms with Gasteiger partial charge in [0.1, 0.15) is 11.5 Å². The maximum atomic E-state index is 10.8. The molecule has 0 amide bonds. The van der Waals surface area contributed by atoms with Gasteiger partial charge in [0.2, 0.25) is 0 Å². The number of benzene rings is 1. The zero-order valence-electron chi connectivity index (χ0n) is 8.02. The summed E-state index contributed by atoms with van der Waals surface area (Å²) in [5.41, 5.74) is 0.658. The lowest BCUT2D eigenvalue weighted by Crippen LogP contribution is -2.05. The van der Waals surface area contributed by atoms with E-state index in [9.17, 15) is 13.5 Å². The minimum atomic E-state index is -3.50. The third-order valence-electron chi connectivity index (χ3n) is 1.68. The van der Waals surface area contributed by atoms with Crippen molar-refractivity contribution in [2.75, 3.05) is 6.26 Å². The van der Waals surface area contributed by atoms with Crippen molar-refractivity contribution in [3.63, 3.8) is 0 Å². The number of phenolic OH excluding ortho intramolecular Hbond substituents is 1. The minimum Gasteiger partial charge on any atom is -0.508 e. The Kier molecular flexibility index (Phi) is 3.00. The second kappa shape index (κ2) is 3.88. The van der Waals surface area contributed by atoms with Crippen molar-refractivity contribution in [1.82, 2.24) is 0 Å². The van der Waals surface area contributed by atoms with E-state index in [1.807, 2.05) is 6.92 Å². The summed E-state index contributed by atoms with van der Waals surface area (Å²) in [7, 11) is -3.50. The average Bonchev–Trinajstić information content (AvgIpc) is 2.06. The van der Waals surface area contributed by atoms with Crippen LogP contribution in [0.2, 0.25) is 0 Å². The number of hydrogen-bond donors (Lipinski definition) is 1. The lowest BCUT2D eigenvalue weighted by molar-refractivity contribution is 0.463. The first-order valence-corrected chi connectivity index (χ1v) is 5.95. The van der Waals surface area contributed by atoms with E-state index in [0.29, 0.717) is 12.0 Å². The van der Waals surface area contributed by atoms with Crippen molar-refractivity contribution in [1.29, 1.82) is 0 Å². The first kappa shape index (κ1) is 10.8. The molecule has 78 valence electrons. The van der Waals surface area contributed by atoms with Gasteiger partial charge < -0.3 is 9.29 Å². The molecule has 1 rings (SSSR count). The fourth-order valence-electron chi connectivity index (χ4n) is 1.07. The molecule has 0 spiro atoms. The Morgan fingerprint density at radius 2 is 2.07 bits per heavy atom. The molecule has 0 radical (unpaired) electrons. The van der Waals surface area contributed by atoms with Crippen molar-refractivity contribution in [3.8, 4) is 11.5 Å². The quantitative estimate of drug-likeness (QED) is 0.773. The highest BCUT2D eigenvalue weighted by molar-refractivity contribution is 7.86. The van der Waals surface area contributed by atoms with Crippen LogP contribution in [-0.2, 0) is 16.5 Å². The molecule has 0 saturated carbocycles. The fourth-order valence-corrected chi connectivity index (χ4v) is 1.52. The lowest BCUT2D eigenvalue weighted by atomic mass is 10.1. The Hall–Kier alpha value is -1.23. The summed E-state index contributed by atoms with van der Waals surface area (Å²) in [6, 6.07) is 4.34. The van der Waals surface area contributed by atoms with Crippen LogP contribution in [0.25, 0.3) is 0 Å². The number of aromatic hydroxyl groups is 1. The van der Waals surface area contributed by atoms with Gasteiger partial charge >= 0.3 is 10.1 Å². The monoisotopic (exact) mass is 216 g/mol. The fraction of sp³-hybridized carbons (Fsp3) is 0.333. The molecule has 0 aliphatic rings. The predicted octanol–water partition coefficient (Wildman–Crippen LogP) is 1.29. The third kappa shape index (κ3) is 2.92. The molecular formula is C9H12O4S. The van der Waals surface area contributed by atoms with Crippen LogP contribution in [0.4, 0.5) is 0 Å². The van der Waals surface area contributed by atoms with Crippen LogP contribution < -0.4 is 4.18 Å². The molecule has 1 aromatic rings. The molecule has 0 bridgehead atoms. The smallest absolute Gasteiger partial charge is 0.306 e. The number of phenols is 1. The van der Waals surface area contributed by atoms with Crippen LogP contribution in [0.1, 0.15) is 12.5 Å². The van der Waals surface area contributed by atoms with Gasteiger partial charge in [-0.15, -0.1) is 0 Å². The molecule has 0 saturated heterocycles. The van der Waals surface area contributed by atoms with Crippen LogP contribution in [0.15, 0.2) is 18.2 Å². The predicted molar refractivity (Wildman–Crippen MR) is 53.0 cm³/mol. The van der Waals surface area contributed by atoms with E-state index in [0.717, 1.165) is 6.26 Å². The van der Waals surface area contributed by atoms with Gasteiger partial charge in [0, 0.05) is 0 Å². The molecule has 0 aliphatic carbocycles. The first-order valence-electron chi connectivity index (χ1n) is 4.13. The summed E-state index contributed by atoms with van der Waals surface area (Å²) in [5, 5.41) is 9.33. The topological polar surface area (TPSA) is 63.6 Å². The van der Waals surface area contributed by atoms with E-state index in [4.69, 9.17) is 0 Å². The van der Waals surface area contributed by atoms with Crippen molar-refractivity contribution < 1.29 is 17.7 Å². The third-order valence-corrected chi connectivity index (χ3v) is 2.17. The molecule has 0 unspecified atom stereocenters. The summed E-state index contributed by atoms with van der Waals surface area (Å²) in [6.07, 6.45) is 1.60. The molecular weight excluding hydrogens is 204 g/mol. The summed E-state index contributed by atoms with van der Waals surface area (Å²) in [4.78, 5) is 0. The van der Waals surface area contributed by atoms with E-state index in [2.05, 4.69) is 4.18 Å². The van der Waals surface area contributed by atoms with Crippen molar-refractivity contribution >= 4 is 10.1 Å². The standard InChI is InChI=1S/C9H12O4S/c1-3-7-6-8(4-5-9(7)10)13-14(2,11)12/h4-6,10H,3H2,1-2H3. The van der Waals surface area contributed by atoms with Crippen LogP contribution >= 0.6 is 0 Å². The van der Waals surface area contributed by atoms with Crippen LogP contribution in [0.5, 0.6) is 11.5 Å². The molecule has 0 aliphatic heterocycles. The average molecular weight is 216 g/mol. The number of aryl methyl sites for hydroxylation is 1. The van der Waals surface area contributed by atoms with Gasteiger partial charge in [0.15, 0.2) is 0 Å². The summed E-state index contributed by atoms with van der Waals surface area (Å²) < 4.78 is 26.3. The van der Waals surface area contributed by atoms with E-state index in [-0.39, 0.29) is 11.5 Å². The van der Waals surface area contributed by atoms with Gasteiger partial charge in [0.05, 0.1) is 6.26 Å². The second-order valence-corrected chi connectivity index (χ2v) is 4.51. The first-order chi connectivity index (χ1) is 6.42. The molecule has 1 N–H and O–H groups in total. The SMILES string of the molecule is CCc1cc(OS(C)(=O)=O)ccc1O. The molecule has 14 heavy (non-hydrogen) atoms. The minimum absolute atomic E-state index is 0.147. The van der Waals surface area contributed by atoms with E-state index in [1.165, 1.54) is 18.2 Å². The van der Waals surface area contributed by atoms with Crippen molar-refractivity contribution in [2.45, 2.75) is 13.3 Å². The Labute approximate surface area is 83.3 Å². The Morgan fingerprint density at radius 1 is 1.43 bits per heavy atom. The highest BCUT2D eigenvalue weighted by Crippen LogP contribution is 2.23. The second-order valence-electron chi connectivity index (χ2n) is 2.93. The summed E-state index contributed by atoms with van der Waals surface area (Å²) >= 11 is 0. The molecule has 4 nitrogen and oxygen atoms in total. The van der Waals surface area contributed by atoms with E-state index in [1.54, 1.807) is 0 Å². The number of hydrogen-bond acceptors (Lipinski definition) is 4. The molecule has 0 fully saturated rings. The van der Waals surface area contributed by atoms with Crippen LogP contribution in [0.3, 0.4) is 0 Å². The largest absolute Gasteiger partial charge is 0.508 e. The molecule has 0 heterocycles. The van der Waals surface area contributed by atoms with Crippen molar-refractivity contribution in [3.05, 3.63) is 23.8 Å². The Morgan fingerprint density at radius 3 is 2.57 bits per heavy atom. The maximum absolute atomic E-state index is 10.8.